The van der Waals surface area contributed by atoms with E-state index in [2.05, 4.69) is 0 Å². The molecule has 0 saturated carbocycles. The van der Waals surface area contributed by atoms with E-state index in [0.717, 1.165) is 12.5 Å². The van der Waals surface area contributed by atoms with Crippen LogP contribution in [0, 0.1) is 0 Å². The molecule has 2 aromatic rings. The molecule has 38 heavy (non-hydrogen) atoms. The van der Waals surface area contributed by atoms with E-state index in [1.165, 1.54) is 20.8 Å². The second-order valence-electron chi connectivity index (χ2n) is 8.81. The summed E-state index contributed by atoms with van der Waals surface area (Å²) >= 11 is 6.47. The van der Waals surface area contributed by atoms with Crippen LogP contribution in [0.4, 0.5) is 0 Å². The van der Waals surface area contributed by atoms with Crippen molar-refractivity contribution in [2.24, 2.45) is 0 Å². The van der Waals surface area contributed by atoms with Crippen molar-refractivity contribution in [3.05, 3.63) is 64.2 Å². The first kappa shape index (κ1) is 28.9. The zero-order chi connectivity index (χ0) is 28.0. The molecule has 1 unspecified atom stereocenters. The molecular weight excluding hydrogens is 520 g/mol. The van der Waals surface area contributed by atoms with Crippen molar-refractivity contribution in [2.45, 2.75) is 64.6 Å². The highest BCUT2D eigenvalue weighted by Gasteiger charge is 2.52. The first-order chi connectivity index (χ1) is 17.9. The molecule has 0 radical (unpaired) electrons. The molecule has 1 fully saturated rings. The third-order valence-corrected chi connectivity index (χ3v) is 6.09. The Bertz CT molecular complexity index is 1180. The normalized spacial score (nSPS) is 22.7. The number of phenols is 1. The van der Waals surface area contributed by atoms with Gasteiger partial charge in [-0.2, -0.15) is 0 Å². The average Bonchev–Trinajstić information content (AvgIpc) is 2.82. The number of esters is 4. The Morgan fingerprint density at radius 2 is 1.39 bits per heavy atom. The van der Waals surface area contributed by atoms with Crippen molar-refractivity contribution < 1.29 is 48.0 Å². The van der Waals surface area contributed by atoms with Crippen molar-refractivity contribution >= 4 is 35.5 Å². The molecule has 1 aliphatic rings. The van der Waals surface area contributed by atoms with Crippen molar-refractivity contribution in [1.82, 2.24) is 0 Å². The zero-order valence-corrected chi connectivity index (χ0v) is 22.1. The highest BCUT2D eigenvalue weighted by Crippen LogP contribution is 2.39. The summed E-state index contributed by atoms with van der Waals surface area (Å²) < 4.78 is 27.8. The molecular formula is C27H29ClO10. The van der Waals surface area contributed by atoms with E-state index in [-0.39, 0.29) is 12.4 Å². The van der Waals surface area contributed by atoms with Gasteiger partial charge >= 0.3 is 23.9 Å². The first-order valence-corrected chi connectivity index (χ1v) is 12.2. The fraction of sp³-hybridized carbons (Fsp3) is 0.407. The number of carbonyl (C=O) groups excluding carboxylic acids is 4. The van der Waals surface area contributed by atoms with E-state index < -0.39 is 54.4 Å². The summed E-state index contributed by atoms with van der Waals surface area (Å²) in [6.07, 6.45) is -5.36. The maximum absolute atomic E-state index is 12.1. The molecule has 204 valence electrons. The molecule has 0 bridgehead atoms. The van der Waals surface area contributed by atoms with Gasteiger partial charge in [0.05, 0.1) is 0 Å². The van der Waals surface area contributed by atoms with Gasteiger partial charge in [0.25, 0.3) is 0 Å². The molecule has 1 saturated heterocycles. The van der Waals surface area contributed by atoms with Crippen LogP contribution in [0.3, 0.4) is 0 Å². The third kappa shape index (κ3) is 7.69. The van der Waals surface area contributed by atoms with Crippen LogP contribution in [-0.4, -0.2) is 60.0 Å². The minimum atomic E-state index is -1.27. The number of phenolic OH excluding ortho intramolecular Hbond substituents is 1. The number of halogens is 1. The number of ether oxygens (including phenoxy) is 5. The second kappa shape index (κ2) is 12.7. The summed E-state index contributed by atoms with van der Waals surface area (Å²) in [4.78, 5) is 47.6. The summed E-state index contributed by atoms with van der Waals surface area (Å²) in [5.74, 6) is -2.56. The van der Waals surface area contributed by atoms with Crippen LogP contribution in [0.25, 0.3) is 0 Å². The monoisotopic (exact) mass is 548 g/mol. The lowest BCUT2D eigenvalue weighted by molar-refractivity contribution is -0.254. The highest BCUT2D eigenvalue weighted by atomic mass is 35.5. The fourth-order valence-electron chi connectivity index (χ4n) is 4.24. The number of benzene rings is 2. The number of hydrogen-bond donors (Lipinski definition) is 1. The summed E-state index contributed by atoms with van der Waals surface area (Å²) in [6.45, 7) is 4.41. The molecule has 0 amide bonds. The maximum atomic E-state index is 12.1. The smallest absolute Gasteiger partial charge is 0.303 e. The minimum Gasteiger partial charge on any atom is -0.508 e. The Morgan fingerprint density at radius 3 is 1.97 bits per heavy atom. The topological polar surface area (TPSA) is 135 Å². The van der Waals surface area contributed by atoms with E-state index in [9.17, 15) is 24.3 Å². The fourth-order valence-corrected chi connectivity index (χ4v) is 4.42. The number of hydrogen-bond acceptors (Lipinski definition) is 10. The van der Waals surface area contributed by atoms with Crippen LogP contribution in [0.2, 0.25) is 5.02 Å². The molecule has 0 aliphatic carbocycles. The van der Waals surface area contributed by atoms with Gasteiger partial charge in [-0.15, -0.1) is 0 Å². The molecule has 0 spiro atoms. The molecule has 1 heterocycles. The summed E-state index contributed by atoms with van der Waals surface area (Å²) in [5, 5.41) is 10.0. The second-order valence-corrected chi connectivity index (χ2v) is 9.22. The maximum Gasteiger partial charge on any atom is 0.303 e. The molecule has 5 atom stereocenters. The van der Waals surface area contributed by atoms with Crippen LogP contribution in [0.5, 0.6) is 5.75 Å². The standard InChI is InChI=1S/C27H29ClO10/c1-14(29)34-13-23-25(35-15(2)30)27(37-17(4)32)26(36-16(3)31)24(38-23)19-7-10-22(28)20(12-19)11-18-5-8-21(33)9-6-18/h5-10,12,23-27,33H,11,13H2,1-4H3/t23-,24+,25?,26+,27+/m1/s1. The highest BCUT2D eigenvalue weighted by molar-refractivity contribution is 6.31. The van der Waals surface area contributed by atoms with Crippen molar-refractivity contribution in [3.8, 4) is 5.75 Å². The van der Waals surface area contributed by atoms with E-state index in [1.807, 2.05) is 0 Å². The average molecular weight is 549 g/mol. The van der Waals surface area contributed by atoms with Crippen LogP contribution in [0.1, 0.15) is 50.5 Å². The van der Waals surface area contributed by atoms with E-state index >= 15 is 0 Å². The number of aromatic hydroxyl groups is 1. The SMILES string of the molecule is CC(=O)OC[C@H]1O[C@@H](c2ccc(Cl)c(Cc3ccc(O)cc3)c2)[C@H](OC(C)=O)[C@@H](OC(C)=O)C1OC(C)=O. The molecule has 10 nitrogen and oxygen atoms in total. The first-order valence-electron chi connectivity index (χ1n) is 11.8. The third-order valence-electron chi connectivity index (χ3n) is 5.72. The van der Waals surface area contributed by atoms with Crippen molar-refractivity contribution in [1.29, 1.82) is 0 Å². The van der Waals surface area contributed by atoms with Gasteiger partial charge in [-0.25, -0.2) is 0 Å². The summed E-state index contributed by atoms with van der Waals surface area (Å²) in [5.41, 5.74) is 2.12. The summed E-state index contributed by atoms with van der Waals surface area (Å²) in [6, 6.07) is 11.7. The molecule has 1 N–H and O–H groups in total. The van der Waals surface area contributed by atoms with Gasteiger partial charge in [0.1, 0.15) is 24.6 Å². The van der Waals surface area contributed by atoms with Gasteiger partial charge in [-0.1, -0.05) is 35.9 Å². The molecule has 3 rings (SSSR count). The van der Waals surface area contributed by atoms with E-state index in [1.54, 1.807) is 42.5 Å². The van der Waals surface area contributed by atoms with Gasteiger partial charge in [-0.05, 0) is 41.3 Å². The summed E-state index contributed by atoms with van der Waals surface area (Å²) in [7, 11) is 0. The number of rotatable bonds is 8. The predicted molar refractivity (Wildman–Crippen MR) is 133 cm³/mol. The molecule has 1 aliphatic heterocycles. The Kier molecular flexibility index (Phi) is 9.71. The van der Waals surface area contributed by atoms with Crippen LogP contribution < -0.4 is 0 Å². The van der Waals surface area contributed by atoms with Gasteiger partial charge in [-0.3, -0.25) is 19.2 Å². The van der Waals surface area contributed by atoms with Crippen molar-refractivity contribution in [2.75, 3.05) is 6.61 Å². The van der Waals surface area contributed by atoms with Crippen LogP contribution >= 0.6 is 11.6 Å². The molecule has 0 aromatic heterocycles. The Labute approximate surface area is 224 Å². The zero-order valence-electron chi connectivity index (χ0n) is 21.3. The lowest BCUT2D eigenvalue weighted by Crippen LogP contribution is -2.59. The quantitative estimate of drug-likeness (QED) is 0.386. The Morgan fingerprint density at radius 1 is 0.816 bits per heavy atom. The molecule has 11 heteroatoms. The minimum absolute atomic E-state index is 0.131. The Hall–Kier alpha value is -3.63. The number of carbonyl (C=O) groups is 4. The van der Waals surface area contributed by atoms with Crippen LogP contribution in [0.15, 0.2) is 42.5 Å². The van der Waals surface area contributed by atoms with Gasteiger partial charge in [0, 0.05) is 32.7 Å². The van der Waals surface area contributed by atoms with E-state index in [4.69, 9.17) is 35.3 Å². The van der Waals surface area contributed by atoms with Gasteiger partial charge in [0.15, 0.2) is 18.3 Å². The molecule has 2 aromatic carbocycles. The lowest BCUT2D eigenvalue weighted by atomic mass is 9.89. The predicted octanol–water partition coefficient (Wildman–Crippen LogP) is 3.43. The Balaban J connectivity index is 2.06. The lowest BCUT2D eigenvalue weighted by Gasteiger charge is -2.44. The van der Waals surface area contributed by atoms with Gasteiger partial charge < -0.3 is 28.8 Å². The van der Waals surface area contributed by atoms with E-state index in [0.29, 0.717) is 22.6 Å². The largest absolute Gasteiger partial charge is 0.508 e. The van der Waals surface area contributed by atoms with Crippen LogP contribution in [-0.2, 0) is 49.3 Å². The van der Waals surface area contributed by atoms with Crippen molar-refractivity contribution in [3.63, 3.8) is 0 Å². The van der Waals surface area contributed by atoms with Gasteiger partial charge in [0.2, 0.25) is 0 Å².